The molecule has 160 valence electrons. The molecular formula is C23H28FN3O3. The first-order chi connectivity index (χ1) is 14.6. The third-order valence-electron chi connectivity index (χ3n) is 5.16. The van der Waals surface area contributed by atoms with Gasteiger partial charge in [0.1, 0.15) is 5.82 Å². The van der Waals surface area contributed by atoms with Crippen LogP contribution in [0, 0.1) is 11.7 Å². The zero-order valence-electron chi connectivity index (χ0n) is 17.3. The quantitative estimate of drug-likeness (QED) is 0.722. The van der Waals surface area contributed by atoms with Crippen LogP contribution in [-0.4, -0.2) is 41.4 Å². The molecule has 1 N–H and O–H groups in total. The number of amides is 2. The molecule has 1 saturated heterocycles. The summed E-state index contributed by atoms with van der Waals surface area (Å²) in [6.07, 6.45) is 4.29. The molecule has 0 bridgehead atoms. The van der Waals surface area contributed by atoms with Crippen LogP contribution in [0.15, 0.2) is 42.6 Å². The predicted octanol–water partition coefficient (Wildman–Crippen LogP) is 3.11. The number of hydrogen-bond acceptors (Lipinski definition) is 4. The normalized spacial score (nSPS) is 16.2. The second kappa shape index (κ2) is 10.7. The zero-order valence-corrected chi connectivity index (χ0v) is 17.3. The number of carbonyl (C=O) groups is 2. The highest BCUT2D eigenvalue weighted by molar-refractivity contribution is 5.82. The van der Waals surface area contributed by atoms with Gasteiger partial charge in [-0.25, -0.2) is 9.37 Å². The van der Waals surface area contributed by atoms with Crippen LogP contribution in [0.2, 0.25) is 0 Å². The zero-order chi connectivity index (χ0) is 21.3. The fourth-order valence-electron chi connectivity index (χ4n) is 3.52. The van der Waals surface area contributed by atoms with Gasteiger partial charge in [-0.05, 0) is 43.0 Å². The van der Waals surface area contributed by atoms with E-state index >= 15 is 0 Å². The number of pyridine rings is 1. The Morgan fingerprint density at radius 1 is 1.27 bits per heavy atom. The van der Waals surface area contributed by atoms with Crippen LogP contribution in [0.25, 0.3) is 0 Å². The summed E-state index contributed by atoms with van der Waals surface area (Å²) in [6, 6.07) is 9.65. The predicted molar refractivity (Wildman–Crippen MR) is 111 cm³/mol. The lowest BCUT2D eigenvalue weighted by molar-refractivity contribution is -0.135. The van der Waals surface area contributed by atoms with E-state index in [-0.39, 0.29) is 30.0 Å². The van der Waals surface area contributed by atoms with Crippen molar-refractivity contribution in [2.75, 3.05) is 19.7 Å². The number of ether oxygens (including phenoxy) is 1. The second-order valence-electron chi connectivity index (χ2n) is 7.52. The number of benzene rings is 1. The molecule has 6 nitrogen and oxygen atoms in total. The van der Waals surface area contributed by atoms with Gasteiger partial charge in [-0.3, -0.25) is 9.59 Å². The molecule has 1 aromatic heterocycles. The summed E-state index contributed by atoms with van der Waals surface area (Å²) in [5.41, 5.74) is 1.60. The number of carbonyl (C=O) groups excluding carboxylic acids is 2. The first-order valence-corrected chi connectivity index (χ1v) is 10.4. The van der Waals surface area contributed by atoms with E-state index in [0.717, 1.165) is 30.4 Å². The Hall–Kier alpha value is -2.96. The first-order valence-electron chi connectivity index (χ1n) is 10.4. The highest BCUT2D eigenvalue weighted by atomic mass is 19.1. The Bertz CT molecular complexity index is 857. The third kappa shape index (κ3) is 6.02. The number of aromatic nitrogens is 1. The number of nitrogens with one attached hydrogen (secondary N) is 1. The van der Waals surface area contributed by atoms with Crippen molar-refractivity contribution < 1.29 is 18.7 Å². The molecule has 1 fully saturated rings. The maximum absolute atomic E-state index is 13.0. The number of nitrogens with zero attached hydrogens (tertiary/aromatic N) is 2. The monoisotopic (exact) mass is 413 g/mol. The molecule has 1 aromatic carbocycles. The van der Waals surface area contributed by atoms with Gasteiger partial charge in [-0.2, -0.15) is 0 Å². The summed E-state index contributed by atoms with van der Waals surface area (Å²) in [7, 11) is 0. The van der Waals surface area contributed by atoms with Gasteiger partial charge in [-0.15, -0.1) is 0 Å². The maximum atomic E-state index is 13.0. The summed E-state index contributed by atoms with van der Waals surface area (Å²) in [6.45, 7) is 3.98. The van der Waals surface area contributed by atoms with Gasteiger partial charge >= 0.3 is 0 Å². The molecule has 3 rings (SSSR count). The third-order valence-corrected chi connectivity index (χ3v) is 5.16. The highest BCUT2D eigenvalue weighted by Gasteiger charge is 2.28. The molecule has 0 spiro atoms. The van der Waals surface area contributed by atoms with Crippen LogP contribution in [0.5, 0.6) is 5.88 Å². The average molecular weight is 413 g/mol. The van der Waals surface area contributed by atoms with Crippen LogP contribution in [0.4, 0.5) is 4.39 Å². The van der Waals surface area contributed by atoms with Crippen molar-refractivity contribution in [3.8, 4) is 5.88 Å². The van der Waals surface area contributed by atoms with E-state index in [1.807, 2.05) is 19.1 Å². The molecule has 2 aromatic rings. The SMILES string of the molecule is CCCOc1ncccc1CNC(=O)C1CCCN(C(=O)Cc2ccc(F)cc2)C1. The number of hydrogen-bond donors (Lipinski definition) is 1. The number of halogens is 1. The minimum atomic E-state index is -0.322. The lowest BCUT2D eigenvalue weighted by Gasteiger charge is -2.32. The average Bonchev–Trinajstić information content (AvgIpc) is 2.78. The molecule has 1 aliphatic rings. The van der Waals surface area contributed by atoms with Crippen molar-refractivity contribution >= 4 is 11.8 Å². The minimum absolute atomic E-state index is 0.0402. The molecule has 1 atom stereocenters. The summed E-state index contributed by atoms with van der Waals surface area (Å²) < 4.78 is 18.7. The molecule has 2 heterocycles. The van der Waals surface area contributed by atoms with Gasteiger partial charge in [0.25, 0.3) is 0 Å². The number of likely N-dealkylation sites (tertiary alicyclic amines) is 1. The molecule has 1 aliphatic heterocycles. The van der Waals surface area contributed by atoms with Crippen molar-refractivity contribution in [1.82, 2.24) is 15.2 Å². The summed E-state index contributed by atoms with van der Waals surface area (Å²) in [5, 5.41) is 2.96. The Morgan fingerprint density at radius 2 is 2.07 bits per heavy atom. The van der Waals surface area contributed by atoms with Gasteiger partial charge in [0, 0.05) is 31.4 Å². The van der Waals surface area contributed by atoms with Crippen LogP contribution in [0.3, 0.4) is 0 Å². The highest BCUT2D eigenvalue weighted by Crippen LogP contribution is 2.19. The van der Waals surface area contributed by atoms with E-state index in [9.17, 15) is 14.0 Å². The first kappa shape index (κ1) is 21.7. The fraction of sp³-hybridized carbons (Fsp3) is 0.435. The molecular weight excluding hydrogens is 385 g/mol. The Balaban J connectivity index is 1.53. The van der Waals surface area contributed by atoms with E-state index in [0.29, 0.717) is 32.1 Å². The Morgan fingerprint density at radius 3 is 2.83 bits per heavy atom. The van der Waals surface area contributed by atoms with Gasteiger partial charge in [0.05, 0.1) is 18.9 Å². The minimum Gasteiger partial charge on any atom is -0.477 e. The van der Waals surface area contributed by atoms with Crippen LogP contribution in [0.1, 0.15) is 37.3 Å². The number of rotatable bonds is 8. The Kier molecular flexibility index (Phi) is 7.76. The number of piperidine rings is 1. The van der Waals surface area contributed by atoms with E-state index < -0.39 is 0 Å². The molecule has 0 aliphatic carbocycles. The van der Waals surface area contributed by atoms with E-state index in [2.05, 4.69) is 10.3 Å². The van der Waals surface area contributed by atoms with Crippen molar-refractivity contribution in [1.29, 1.82) is 0 Å². The van der Waals surface area contributed by atoms with Crippen molar-refractivity contribution in [3.63, 3.8) is 0 Å². The molecule has 1 unspecified atom stereocenters. The molecule has 0 saturated carbocycles. The summed E-state index contributed by atoms with van der Waals surface area (Å²) in [5.74, 6) is -0.133. The second-order valence-corrected chi connectivity index (χ2v) is 7.52. The Labute approximate surface area is 176 Å². The van der Waals surface area contributed by atoms with Crippen LogP contribution < -0.4 is 10.1 Å². The molecule has 7 heteroatoms. The van der Waals surface area contributed by atoms with E-state index in [1.165, 1.54) is 12.1 Å². The molecule has 2 amide bonds. The fourth-order valence-corrected chi connectivity index (χ4v) is 3.52. The molecule has 30 heavy (non-hydrogen) atoms. The van der Waals surface area contributed by atoms with Crippen LogP contribution in [-0.2, 0) is 22.6 Å². The van der Waals surface area contributed by atoms with Crippen LogP contribution >= 0.6 is 0 Å². The van der Waals surface area contributed by atoms with E-state index in [4.69, 9.17) is 4.74 Å². The van der Waals surface area contributed by atoms with Gasteiger partial charge < -0.3 is 15.0 Å². The topological polar surface area (TPSA) is 71.5 Å². The van der Waals surface area contributed by atoms with Crippen molar-refractivity contribution in [2.24, 2.45) is 5.92 Å². The van der Waals surface area contributed by atoms with E-state index in [1.54, 1.807) is 23.2 Å². The lowest BCUT2D eigenvalue weighted by atomic mass is 9.96. The van der Waals surface area contributed by atoms with Crippen molar-refractivity contribution in [3.05, 3.63) is 59.5 Å². The summed E-state index contributed by atoms with van der Waals surface area (Å²) in [4.78, 5) is 31.3. The van der Waals surface area contributed by atoms with Gasteiger partial charge in [0.2, 0.25) is 17.7 Å². The smallest absolute Gasteiger partial charge is 0.227 e. The standard InChI is InChI=1S/C23H28FN3O3/c1-2-13-30-23-18(5-3-11-25-23)15-26-22(29)19-6-4-12-27(16-19)21(28)14-17-7-9-20(24)10-8-17/h3,5,7-11,19H,2,4,6,12-16H2,1H3,(H,26,29). The van der Waals surface area contributed by atoms with Gasteiger partial charge in [0.15, 0.2) is 0 Å². The van der Waals surface area contributed by atoms with Crippen molar-refractivity contribution in [2.45, 2.75) is 39.2 Å². The molecule has 0 radical (unpaired) electrons. The maximum Gasteiger partial charge on any atom is 0.227 e. The summed E-state index contributed by atoms with van der Waals surface area (Å²) >= 11 is 0. The largest absolute Gasteiger partial charge is 0.477 e. The lowest BCUT2D eigenvalue weighted by Crippen LogP contribution is -2.45. The van der Waals surface area contributed by atoms with Gasteiger partial charge in [-0.1, -0.05) is 25.1 Å².